The van der Waals surface area contributed by atoms with Crippen LogP contribution in [0.1, 0.15) is 18.4 Å². The summed E-state index contributed by atoms with van der Waals surface area (Å²) in [6, 6.07) is 14.2. The lowest BCUT2D eigenvalue weighted by Gasteiger charge is -2.32. The van der Waals surface area contributed by atoms with E-state index in [-0.39, 0.29) is 11.7 Å². The second-order valence-corrected chi connectivity index (χ2v) is 7.43. The summed E-state index contributed by atoms with van der Waals surface area (Å²) in [4.78, 5) is 14.8. The van der Waals surface area contributed by atoms with E-state index in [0.717, 1.165) is 44.5 Å². The zero-order valence-corrected chi connectivity index (χ0v) is 14.8. The molecule has 1 aliphatic rings. The van der Waals surface area contributed by atoms with E-state index in [1.54, 1.807) is 0 Å². The first-order valence-corrected chi connectivity index (χ1v) is 9.50. The quantitative estimate of drug-likeness (QED) is 0.729. The standard InChI is InChI=1S/C20H21F2NOS/c21-18-7-6-17(13-19(18)22)25-14-20(24)23-10-8-16(9-11-23)12-15-4-2-1-3-5-15/h1-7,13,16H,8-12,14H2. The average Bonchev–Trinajstić information content (AvgIpc) is 2.64. The van der Waals surface area contributed by atoms with Crippen molar-refractivity contribution in [2.75, 3.05) is 18.8 Å². The highest BCUT2D eigenvalue weighted by Gasteiger charge is 2.23. The minimum absolute atomic E-state index is 0.0629. The molecule has 1 amide bonds. The van der Waals surface area contributed by atoms with Crippen molar-refractivity contribution in [1.82, 2.24) is 4.90 Å². The monoisotopic (exact) mass is 361 g/mol. The van der Waals surface area contributed by atoms with Crippen molar-refractivity contribution in [3.8, 4) is 0 Å². The van der Waals surface area contributed by atoms with Crippen LogP contribution in [0.2, 0.25) is 0 Å². The summed E-state index contributed by atoms with van der Waals surface area (Å²) in [7, 11) is 0. The van der Waals surface area contributed by atoms with Gasteiger partial charge in [-0.1, -0.05) is 30.3 Å². The largest absolute Gasteiger partial charge is 0.342 e. The van der Waals surface area contributed by atoms with Crippen LogP contribution in [0.4, 0.5) is 8.78 Å². The number of carbonyl (C=O) groups excluding carboxylic acids is 1. The molecule has 1 aliphatic heterocycles. The van der Waals surface area contributed by atoms with Crippen molar-refractivity contribution in [2.45, 2.75) is 24.2 Å². The van der Waals surface area contributed by atoms with Gasteiger partial charge in [0.1, 0.15) is 0 Å². The van der Waals surface area contributed by atoms with Crippen molar-refractivity contribution < 1.29 is 13.6 Å². The Labute approximate surface area is 151 Å². The number of rotatable bonds is 5. The normalized spacial score (nSPS) is 15.4. The molecule has 2 nitrogen and oxygen atoms in total. The van der Waals surface area contributed by atoms with E-state index in [1.807, 2.05) is 11.0 Å². The fourth-order valence-corrected chi connectivity index (χ4v) is 3.96. The van der Waals surface area contributed by atoms with E-state index in [1.165, 1.54) is 23.4 Å². The molecule has 0 atom stereocenters. The molecule has 0 aromatic heterocycles. The molecule has 3 rings (SSSR count). The van der Waals surface area contributed by atoms with E-state index in [2.05, 4.69) is 24.3 Å². The summed E-state index contributed by atoms with van der Waals surface area (Å²) in [5, 5.41) is 0. The first kappa shape index (κ1) is 17.9. The van der Waals surface area contributed by atoms with Gasteiger partial charge in [-0.2, -0.15) is 0 Å². The Hall–Kier alpha value is -1.88. The molecule has 2 aromatic rings. The zero-order chi connectivity index (χ0) is 17.6. The number of hydrogen-bond acceptors (Lipinski definition) is 2. The zero-order valence-electron chi connectivity index (χ0n) is 14.0. The molecule has 1 heterocycles. The van der Waals surface area contributed by atoms with Crippen molar-refractivity contribution in [3.63, 3.8) is 0 Å². The highest BCUT2D eigenvalue weighted by Crippen LogP contribution is 2.24. The van der Waals surface area contributed by atoms with Gasteiger partial charge in [-0.3, -0.25) is 4.79 Å². The third-order valence-electron chi connectivity index (χ3n) is 4.59. The minimum atomic E-state index is -0.876. The molecule has 0 bridgehead atoms. The van der Waals surface area contributed by atoms with Crippen LogP contribution in [0.5, 0.6) is 0 Å². The Morgan fingerprint density at radius 1 is 1.04 bits per heavy atom. The van der Waals surface area contributed by atoms with Crippen molar-refractivity contribution in [1.29, 1.82) is 0 Å². The molecule has 0 spiro atoms. The van der Waals surface area contributed by atoms with Crippen LogP contribution >= 0.6 is 11.8 Å². The van der Waals surface area contributed by atoms with E-state index in [0.29, 0.717) is 10.8 Å². The molecule has 25 heavy (non-hydrogen) atoms. The number of piperidine rings is 1. The van der Waals surface area contributed by atoms with Crippen molar-refractivity contribution in [3.05, 3.63) is 65.7 Å². The predicted octanol–water partition coefficient (Wildman–Crippen LogP) is 4.54. The molecular formula is C20H21F2NOS. The number of likely N-dealkylation sites (tertiary alicyclic amines) is 1. The lowest BCUT2D eigenvalue weighted by Crippen LogP contribution is -2.39. The lowest BCUT2D eigenvalue weighted by molar-refractivity contribution is -0.129. The fraction of sp³-hybridized carbons (Fsp3) is 0.350. The maximum Gasteiger partial charge on any atom is 0.232 e. The van der Waals surface area contributed by atoms with Gasteiger partial charge in [0.25, 0.3) is 0 Å². The summed E-state index contributed by atoms with van der Waals surface area (Å²) in [5.74, 6) is -0.803. The molecule has 0 saturated carbocycles. The van der Waals surface area contributed by atoms with Gasteiger partial charge in [0.2, 0.25) is 5.91 Å². The maximum atomic E-state index is 13.2. The summed E-state index contributed by atoms with van der Waals surface area (Å²) >= 11 is 1.25. The second-order valence-electron chi connectivity index (χ2n) is 6.38. The third-order valence-corrected chi connectivity index (χ3v) is 5.57. The number of nitrogens with zero attached hydrogens (tertiary/aromatic N) is 1. The highest BCUT2D eigenvalue weighted by atomic mass is 32.2. The van der Waals surface area contributed by atoms with Gasteiger partial charge in [0.05, 0.1) is 5.75 Å². The van der Waals surface area contributed by atoms with Crippen LogP contribution in [0.3, 0.4) is 0 Å². The van der Waals surface area contributed by atoms with Gasteiger partial charge in [-0.05, 0) is 48.9 Å². The molecular weight excluding hydrogens is 340 g/mol. The molecule has 1 saturated heterocycles. The van der Waals surface area contributed by atoms with Gasteiger partial charge in [-0.15, -0.1) is 11.8 Å². The van der Waals surface area contributed by atoms with Crippen molar-refractivity contribution >= 4 is 17.7 Å². The van der Waals surface area contributed by atoms with E-state index in [9.17, 15) is 13.6 Å². The van der Waals surface area contributed by atoms with Crippen LogP contribution in [0.15, 0.2) is 53.4 Å². The molecule has 1 fully saturated rings. The Kier molecular flexibility index (Phi) is 6.08. The Balaban J connectivity index is 1.44. The molecule has 0 N–H and O–H groups in total. The number of carbonyl (C=O) groups is 1. The summed E-state index contributed by atoms with van der Waals surface area (Å²) in [6.45, 7) is 1.54. The second kappa shape index (κ2) is 8.48. The van der Waals surface area contributed by atoms with Crippen LogP contribution in [-0.4, -0.2) is 29.6 Å². The molecule has 0 aliphatic carbocycles. The molecule has 2 aromatic carbocycles. The SMILES string of the molecule is O=C(CSc1ccc(F)c(F)c1)N1CCC(Cc2ccccc2)CC1. The van der Waals surface area contributed by atoms with E-state index >= 15 is 0 Å². The Morgan fingerprint density at radius 2 is 1.76 bits per heavy atom. The van der Waals surface area contributed by atoms with Crippen LogP contribution in [0, 0.1) is 17.6 Å². The van der Waals surface area contributed by atoms with E-state index in [4.69, 9.17) is 0 Å². The maximum absolute atomic E-state index is 13.2. The molecule has 0 radical (unpaired) electrons. The third kappa shape index (κ3) is 5.05. The van der Waals surface area contributed by atoms with Crippen LogP contribution in [-0.2, 0) is 11.2 Å². The smallest absolute Gasteiger partial charge is 0.232 e. The average molecular weight is 361 g/mol. The number of benzene rings is 2. The van der Waals surface area contributed by atoms with Crippen LogP contribution < -0.4 is 0 Å². The summed E-state index contributed by atoms with van der Waals surface area (Å²) in [5.41, 5.74) is 1.35. The summed E-state index contributed by atoms with van der Waals surface area (Å²) < 4.78 is 26.1. The molecule has 5 heteroatoms. The molecule has 0 unspecified atom stereocenters. The first-order chi connectivity index (χ1) is 12.1. The van der Waals surface area contributed by atoms with Gasteiger partial charge < -0.3 is 4.90 Å². The topological polar surface area (TPSA) is 20.3 Å². The Morgan fingerprint density at radius 3 is 2.44 bits per heavy atom. The van der Waals surface area contributed by atoms with Crippen LogP contribution in [0.25, 0.3) is 0 Å². The van der Waals surface area contributed by atoms with Gasteiger partial charge in [0, 0.05) is 18.0 Å². The predicted molar refractivity (Wildman–Crippen MR) is 96.5 cm³/mol. The van der Waals surface area contributed by atoms with E-state index < -0.39 is 11.6 Å². The number of hydrogen-bond donors (Lipinski definition) is 0. The van der Waals surface area contributed by atoms with Gasteiger partial charge in [-0.25, -0.2) is 8.78 Å². The fourth-order valence-electron chi connectivity index (χ4n) is 3.14. The lowest BCUT2D eigenvalue weighted by atomic mass is 9.90. The highest BCUT2D eigenvalue weighted by molar-refractivity contribution is 8.00. The first-order valence-electron chi connectivity index (χ1n) is 8.51. The molecule has 132 valence electrons. The van der Waals surface area contributed by atoms with Gasteiger partial charge >= 0.3 is 0 Å². The minimum Gasteiger partial charge on any atom is -0.342 e. The summed E-state index contributed by atoms with van der Waals surface area (Å²) in [6.07, 6.45) is 3.08. The van der Waals surface area contributed by atoms with Gasteiger partial charge in [0.15, 0.2) is 11.6 Å². The van der Waals surface area contributed by atoms with Crippen molar-refractivity contribution in [2.24, 2.45) is 5.92 Å². The number of halogens is 2. The Bertz CT molecular complexity index is 715. The number of amides is 1. The number of thioether (sulfide) groups is 1.